The zero-order valence-corrected chi connectivity index (χ0v) is 16.6. The van der Waals surface area contributed by atoms with Crippen LogP contribution in [0.4, 0.5) is 5.69 Å². The van der Waals surface area contributed by atoms with E-state index in [0.29, 0.717) is 17.9 Å². The molecular formula is C23H22N4O3. The third-order valence-electron chi connectivity index (χ3n) is 4.79. The largest absolute Gasteiger partial charge is 0.481 e. The van der Waals surface area contributed by atoms with Gasteiger partial charge in [0.05, 0.1) is 0 Å². The highest BCUT2D eigenvalue weighted by atomic mass is 16.5. The number of likely N-dealkylation sites (N-methyl/N-ethyl adjacent to an activating group) is 1. The minimum absolute atomic E-state index is 0.0362. The molecule has 0 spiro atoms. The van der Waals surface area contributed by atoms with Gasteiger partial charge >= 0.3 is 0 Å². The molecule has 7 nitrogen and oxygen atoms in total. The van der Waals surface area contributed by atoms with Crippen molar-refractivity contribution in [3.8, 4) is 11.4 Å². The van der Waals surface area contributed by atoms with Crippen LogP contribution in [0.5, 0.6) is 5.75 Å². The van der Waals surface area contributed by atoms with Crippen molar-refractivity contribution in [1.82, 2.24) is 15.0 Å². The fourth-order valence-corrected chi connectivity index (χ4v) is 3.13. The van der Waals surface area contributed by atoms with E-state index in [1.165, 1.54) is 4.80 Å². The van der Waals surface area contributed by atoms with Crippen molar-refractivity contribution in [2.24, 2.45) is 0 Å². The summed E-state index contributed by atoms with van der Waals surface area (Å²) >= 11 is 0. The summed E-state index contributed by atoms with van der Waals surface area (Å²) in [5, 5.41) is 18.3. The minimum Gasteiger partial charge on any atom is -0.481 e. The Morgan fingerprint density at radius 2 is 1.67 bits per heavy atom. The lowest BCUT2D eigenvalue weighted by Crippen LogP contribution is -2.31. The van der Waals surface area contributed by atoms with Crippen molar-refractivity contribution in [1.29, 1.82) is 0 Å². The molecule has 0 atom stereocenters. The van der Waals surface area contributed by atoms with Crippen molar-refractivity contribution >= 4 is 22.6 Å². The van der Waals surface area contributed by atoms with Crippen LogP contribution in [0.15, 0.2) is 72.8 Å². The Morgan fingerprint density at radius 1 is 1.00 bits per heavy atom. The average Bonchev–Trinajstić information content (AvgIpc) is 3.22. The lowest BCUT2D eigenvalue weighted by Gasteiger charge is -2.18. The molecule has 0 aliphatic carbocycles. The predicted molar refractivity (Wildman–Crippen MR) is 115 cm³/mol. The summed E-state index contributed by atoms with van der Waals surface area (Å²) in [5.41, 5.74) is 3.86. The summed E-state index contributed by atoms with van der Waals surface area (Å²) in [6, 6.07) is 22.5. The molecule has 0 unspecified atom stereocenters. The van der Waals surface area contributed by atoms with Gasteiger partial charge in [0, 0.05) is 19.3 Å². The van der Waals surface area contributed by atoms with Crippen LogP contribution in [0.2, 0.25) is 0 Å². The lowest BCUT2D eigenvalue weighted by atomic mass is 10.1. The first-order valence-corrected chi connectivity index (χ1v) is 9.66. The Balaban J connectivity index is 1.60. The first-order chi connectivity index (χ1) is 14.7. The number of aliphatic hydroxyl groups excluding tert-OH is 1. The molecule has 30 heavy (non-hydrogen) atoms. The number of carbonyl (C=O) groups excluding carboxylic acids is 1. The topological polar surface area (TPSA) is 80.5 Å². The van der Waals surface area contributed by atoms with Gasteiger partial charge in [0.2, 0.25) is 0 Å². The standard InChI is InChI=1S/C23H22N4O3/c1-26(18-7-3-2-4-8-18)23(29)16-30-22-12-11-17(13-14-28)15-21(22)27-24-19-9-5-6-10-20(19)25-27/h2-12,15,28H,13-14,16H2,1H3. The quantitative estimate of drug-likeness (QED) is 0.514. The number of carbonyl (C=O) groups is 1. The number of amides is 1. The number of aliphatic hydroxyl groups is 1. The zero-order chi connectivity index (χ0) is 20.9. The highest BCUT2D eigenvalue weighted by Crippen LogP contribution is 2.25. The van der Waals surface area contributed by atoms with Crippen LogP contribution in [0, 0.1) is 0 Å². The molecule has 0 bridgehead atoms. The number of para-hydroxylation sites is 1. The third kappa shape index (κ3) is 4.16. The Bertz CT molecular complexity index is 1120. The molecule has 0 aliphatic heterocycles. The Morgan fingerprint density at radius 3 is 2.33 bits per heavy atom. The van der Waals surface area contributed by atoms with Gasteiger partial charge < -0.3 is 14.7 Å². The van der Waals surface area contributed by atoms with Gasteiger partial charge in [-0.25, -0.2) is 0 Å². The molecule has 0 fully saturated rings. The highest BCUT2D eigenvalue weighted by Gasteiger charge is 2.15. The number of hydrogen-bond acceptors (Lipinski definition) is 5. The predicted octanol–water partition coefficient (Wildman–Crippen LogP) is 3.00. The van der Waals surface area contributed by atoms with Crippen LogP contribution in [-0.2, 0) is 11.2 Å². The second-order valence-corrected chi connectivity index (χ2v) is 6.83. The van der Waals surface area contributed by atoms with Crippen molar-refractivity contribution in [3.63, 3.8) is 0 Å². The van der Waals surface area contributed by atoms with E-state index in [1.54, 1.807) is 18.0 Å². The maximum atomic E-state index is 12.6. The Kier molecular flexibility index (Phi) is 5.72. The number of rotatable bonds is 7. The van der Waals surface area contributed by atoms with E-state index < -0.39 is 0 Å². The van der Waals surface area contributed by atoms with E-state index in [9.17, 15) is 9.90 Å². The molecule has 0 aliphatic rings. The van der Waals surface area contributed by atoms with Gasteiger partial charge in [0.25, 0.3) is 5.91 Å². The fraction of sp³-hybridized carbons (Fsp3) is 0.174. The lowest BCUT2D eigenvalue weighted by molar-refractivity contribution is -0.120. The van der Waals surface area contributed by atoms with E-state index in [2.05, 4.69) is 10.2 Å². The molecule has 1 amide bonds. The second kappa shape index (κ2) is 8.75. The van der Waals surface area contributed by atoms with Crippen molar-refractivity contribution in [2.45, 2.75) is 6.42 Å². The van der Waals surface area contributed by atoms with Crippen LogP contribution in [0.25, 0.3) is 16.7 Å². The van der Waals surface area contributed by atoms with E-state index in [4.69, 9.17) is 4.74 Å². The van der Waals surface area contributed by atoms with Crippen LogP contribution in [0.3, 0.4) is 0 Å². The van der Waals surface area contributed by atoms with Gasteiger partial charge in [-0.15, -0.1) is 15.0 Å². The summed E-state index contributed by atoms with van der Waals surface area (Å²) in [6.07, 6.45) is 0.504. The summed E-state index contributed by atoms with van der Waals surface area (Å²) in [7, 11) is 1.72. The molecule has 1 N–H and O–H groups in total. The van der Waals surface area contributed by atoms with Crippen LogP contribution >= 0.6 is 0 Å². The minimum atomic E-state index is -0.176. The molecule has 1 aromatic heterocycles. The summed E-state index contributed by atoms with van der Waals surface area (Å²) < 4.78 is 5.87. The first-order valence-electron chi connectivity index (χ1n) is 9.66. The normalized spacial score (nSPS) is 10.9. The molecule has 152 valence electrons. The number of anilines is 1. The third-order valence-corrected chi connectivity index (χ3v) is 4.79. The van der Waals surface area contributed by atoms with Gasteiger partial charge in [-0.3, -0.25) is 4.79 Å². The number of hydrogen-bond donors (Lipinski definition) is 1. The van der Waals surface area contributed by atoms with E-state index >= 15 is 0 Å². The SMILES string of the molecule is CN(C(=O)COc1ccc(CCO)cc1-n1nc2ccccc2n1)c1ccccc1. The number of fused-ring (bicyclic) bond motifs is 1. The summed E-state index contributed by atoms with van der Waals surface area (Å²) in [5.74, 6) is 0.317. The molecule has 7 heteroatoms. The molecule has 4 aromatic rings. The maximum Gasteiger partial charge on any atom is 0.264 e. The van der Waals surface area contributed by atoms with Gasteiger partial charge in [0.1, 0.15) is 22.5 Å². The molecule has 3 aromatic carbocycles. The van der Waals surface area contributed by atoms with E-state index in [1.807, 2.05) is 66.7 Å². The van der Waals surface area contributed by atoms with Gasteiger partial charge in [-0.1, -0.05) is 36.4 Å². The molecule has 0 radical (unpaired) electrons. The molecular weight excluding hydrogens is 380 g/mol. The smallest absolute Gasteiger partial charge is 0.264 e. The number of aromatic nitrogens is 3. The maximum absolute atomic E-state index is 12.6. The monoisotopic (exact) mass is 402 g/mol. The van der Waals surface area contributed by atoms with Gasteiger partial charge in [0.15, 0.2) is 6.61 Å². The van der Waals surface area contributed by atoms with E-state index in [-0.39, 0.29) is 19.1 Å². The van der Waals surface area contributed by atoms with Crippen LogP contribution in [0.1, 0.15) is 5.56 Å². The number of ether oxygens (including phenoxy) is 1. The molecule has 0 saturated heterocycles. The van der Waals surface area contributed by atoms with Crippen molar-refractivity contribution in [3.05, 3.63) is 78.4 Å². The van der Waals surface area contributed by atoms with Crippen LogP contribution in [-0.4, -0.2) is 46.3 Å². The zero-order valence-electron chi connectivity index (χ0n) is 16.6. The Hall–Kier alpha value is -3.71. The average molecular weight is 402 g/mol. The second-order valence-electron chi connectivity index (χ2n) is 6.83. The highest BCUT2D eigenvalue weighted by molar-refractivity contribution is 5.93. The van der Waals surface area contributed by atoms with Gasteiger partial charge in [-0.05, 0) is 48.4 Å². The molecule has 4 rings (SSSR count). The van der Waals surface area contributed by atoms with Gasteiger partial charge in [-0.2, -0.15) is 0 Å². The number of nitrogens with zero attached hydrogens (tertiary/aromatic N) is 4. The summed E-state index contributed by atoms with van der Waals surface area (Å²) in [4.78, 5) is 15.7. The number of benzene rings is 3. The van der Waals surface area contributed by atoms with E-state index in [0.717, 1.165) is 22.3 Å². The van der Waals surface area contributed by atoms with Crippen molar-refractivity contribution in [2.75, 3.05) is 25.2 Å². The van der Waals surface area contributed by atoms with Crippen LogP contribution < -0.4 is 9.64 Å². The van der Waals surface area contributed by atoms with Crippen molar-refractivity contribution < 1.29 is 14.6 Å². The summed E-state index contributed by atoms with van der Waals surface area (Å²) in [6.45, 7) is -0.0902. The molecule has 0 saturated carbocycles. The fourth-order valence-electron chi connectivity index (χ4n) is 3.13. The Labute approximate surface area is 174 Å². The molecule has 1 heterocycles. The first kappa shape index (κ1) is 19.6.